The van der Waals surface area contributed by atoms with E-state index in [-0.39, 0.29) is 5.56 Å². The minimum absolute atomic E-state index is 0.286. The predicted molar refractivity (Wildman–Crippen MR) is 79.1 cm³/mol. The third-order valence-electron chi connectivity index (χ3n) is 3.84. The van der Waals surface area contributed by atoms with E-state index < -0.39 is 5.97 Å². The van der Waals surface area contributed by atoms with Gasteiger partial charge in [-0.25, -0.2) is 9.78 Å². The molecule has 0 aliphatic carbocycles. The van der Waals surface area contributed by atoms with Gasteiger partial charge in [0.05, 0.1) is 11.1 Å². The lowest BCUT2D eigenvalue weighted by Crippen LogP contribution is -2.29. The molecular formula is C14H16BrN3O2. The Morgan fingerprint density at radius 1 is 1.45 bits per heavy atom. The van der Waals surface area contributed by atoms with E-state index in [0.29, 0.717) is 5.92 Å². The second kappa shape index (κ2) is 5.54. The highest BCUT2D eigenvalue weighted by Gasteiger charge is 2.18. The van der Waals surface area contributed by atoms with Gasteiger partial charge in [0, 0.05) is 12.6 Å². The van der Waals surface area contributed by atoms with Crippen LogP contribution in [0, 0.1) is 5.92 Å². The summed E-state index contributed by atoms with van der Waals surface area (Å²) in [6.45, 7) is 2.10. The predicted octanol–water partition coefficient (Wildman–Crippen LogP) is 2.34. The molecule has 2 N–H and O–H groups in total. The summed E-state index contributed by atoms with van der Waals surface area (Å²) in [4.78, 5) is 15.6. The van der Waals surface area contributed by atoms with Crippen LogP contribution in [0.5, 0.6) is 0 Å². The molecule has 5 nitrogen and oxygen atoms in total. The summed E-state index contributed by atoms with van der Waals surface area (Å²) in [5.41, 5.74) is 1.20. The Hall–Kier alpha value is -1.40. The molecule has 6 heteroatoms. The van der Waals surface area contributed by atoms with Crippen molar-refractivity contribution in [2.45, 2.75) is 19.3 Å². The van der Waals surface area contributed by atoms with E-state index in [0.717, 1.165) is 48.3 Å². The maximum absolute atomic E-state index is 11.1. The highest BCUT2D eigenvalue weighted by Crippen LogP contribution is 2.24. The number of hydrogen-bond acceptors (Lipinski definition) is 3. The molecule has 2 aromatic rings. The first-order chi connectivity index (χ1) is 9.65. The summed E-state index contributed by atoms with van der Waals surface area (Å²) >= 11 is 3.45. The molecule has 1 aliphatic heterocycles. The number of piperidine rings is 1. The topological polar surface area (TPSA) is 66.6 Å². The lowest BCUT2D eigenvalue weighted by Gasteiger charge is -2.21. The van der Waals surface area contributed by atoms with E-state index in [1.165, 1.54) is 0 Å². The number of carboxylic acid groups (broad SMARTS) is 1. The highest BCUT2D eigenvalue weighted by molar-refractivity contribution is 9.10. The average Bonchev–Trinajstić information content (AvgIpc) is 2.76. The fourth-order valence-corrected chi connectivity index (χ4v) is 3.25. The van der Waals surface area contributed by atoms with Crippen molar-refractivity contribution in [1.82, 2.24) is 14.7 Å². The minimum atomic E-state index is -0.912. The van der Waals surface area contributed by atoms with Crippen molar-refractivity contribution in [1.29, 1.82) is 0 Å². The summed E-state index contributed by atoms with van der Waals surface area (Å²) in [6, 6.07) is 3.41. The smallest absolute Gasteiger partial charge is 0.337 e. The van der Waals surface area contributed by atoms with Gasteiger partial charge in [0.1, 0.15) is 10.4 Å². The number of carbonyl (C=O) groups is 1. The number of imidazole rings is 1. The van der Waals surface area contributed by atoms with E-state index in [1.807, 2.05) is 4.40 Å². The number of rotatable bonds is 3. The largest absolute Gasteiger partial charge is 0.478 e. The number of fused-ring (bicyclic) bond motifs is 1. The Labute approximate surface area is 125 Å². The van der Waals surface area contributed by atoms with Crippen molar-refractivity contribution < 1.29 is 9.90 Å². The van der Waals surface area contributed by atoms with Crippen molar-refractivity contribution in [3.63, 3.8) is 0 Å². The second-order valence-corrected chi connectivity index (χ2v) is 5.95. The maximum atomic E-state index is 11.1. The Kier molecular flexibility index (Phi) is 3.76. The maximum Gasteiger partial charge on any atom is 0.337 e. The Bertz CT molecular complexity index is 647. The molecule has 0 amide bonds. The normalized spacial score (nSPS) is 16.6. The monoisotopic (exact) mass is 337 g/mol. The van der Waals surface area contributed by atoms with Crippen LogP contribution in [0.25, 0.3) is 5.52 Å². The molecule has 0 bridgehead atoms. The van der Waals surface area contributed by atoms with Crippen molar-refractivity contribution in [3.8, 4) is 0 Å². The van der Waals surface area contributed by atoms with Gasteiger partial charge in [0.15, 0.2) is 0 Å². The van der Waals surface area contributed by atoms with Crippen molar-refractivity contribution in [2.75, 3.05) is 13.1 Å². The minimum Gasteiger partial charge on any atom is -0.478 e. The molecule has 0 atom stereocenters. The van der Waals surface area contributed by atoms with Crippen LogP contribution in [0.15, 0.2) is 22.9 Å². The van der Waals surface area contributed by atoms with E-state index in [4.69, 9.17) is 5.11 Å². The number of nitrogens with zero attached hydrogens (tertiary/aromatic N) is 2. The van der Waals surface area contributed by atoms with Gasteiger partial charge in [0.2, 0.25) is 0 Å². The van der Waals surface area contributed by atoms with Crippen molar-refractivity contribution in [3.05, 3.63) is 34.3 Å². The zero-order valence-electron chi connectivity index (χ0n) is 11.0. The van der Waals surface area contributed by atoms with Crippen molar-refractivity contribution >= 4 is 27.4 Å². The van der Waals surface area contributed by atoms with Gasteiger partial charge < -0.3 is 14.8 Å². The van der Waals surface area contributed by atoms with Gasteiger partial charge in [-0.1, -0.05) is 0 Å². The van der Waals surface area contributed by atoms with Crippen LogP contribution in [-0.4, -0.2) is 33.6 Å². The van der Waals surface area contributed by atoms with Gasteiger partial charge in [-0.15, -0.1) is 0 Å². The van der Waals surface area contributed by atoms with Gasteiger partial charge in [-0.05, 0) is 59.9 Å². The first-order valence-electron chi connectivity index (χ1n) is 6.75. The Morgan fingerprint density at radius 3 is 2.90 bits per heavy atom. The second-order valence-electron chi connectivity index (χ2n) is 5.19. The van der Waals surface area contributed by atoms with Crippen LogP contribution < -0.4 is 5.32 Å². The molecule has 20 heavy (non-hydrogen) atoms. The van der Waals surface area contributed by atoms with E-state index in [1.54, 1.807) is 18.3 Å². The molecule has 3 rings (SSSR count). The third-order valence-corrected chi connectivity index (χ3v) is 4.43. The molecule has 1 aliphatic rings. The third kappa shape index (κ3) is 2.58. The number of nitrogens with one attached hydrogen (secondary N) is 1. The molecule has 3 heterocycles. The molecule has 2 aromatic heterocycles. The summed E-state index contributed by atoms with van der Waals surface area (Å²) in [7, 11) is 0. The van der Waals surface area contributed by atoms with E-state index in [9.17, 15) is 4.79 Å². The number of aromatic nitrogens is 2. The van der Waals surface area contributed by atoms with Crippen LogP contribution in [0.1, 0.15) is 29.0 Å². The lowest BCUT2D eigenvalue weighted by atomic mass is 9.94. The van der Waals surface area contributed by atoms with E-state index in [2.05, 4.69) is 26.2 Å². The molecule has 1 fully saturated rings. The Morgan fingerprint density at radius 2 is 2.20 bits per heavy atom. The fourth-order valence-electron chi connectivity index (χ4n) is 2.72. The quantitative estimate of drug-likeness (QED) is 0.902. The summed E-state index contributed by atoms with van der Waals surface area (Å²) < 4.78 is 2.67. The molecule has 0 unspecified atom stereocenters. The fraction of sp³-hybridized carbons (Fsp3) is 0.429. The summed E-state index contributed by atoms with van der Waals surface area (Å²) in [5, 5.41) is 12.5. The molecule has 0 spiro atoms. The number of pyridine rings is 1. The number of carboxylic acids is 1. The molecule has 106 valence electrons. The zero-order valence-corrected chi connectivity index (χ0v) is 12.6. The van der Waals surface area contributed by atoms with Gasteiger partial charge in [-0.2, -0.15) is 0 Å². The van der Waals surface area contributed by atoms with Crippen molar-refractivity contribution in [2.24, 2.45) is 5.92 Å². The van der Waals surface area contributed by atoms with Gasteiger partial charge in [0.25, 0.3) is 0 Å². The number of aromatic carboxylic acids is 1. The molecule has 1 saturated heterocycles. The Balaban J connectivity index is 1.96. The summed E-state index contributed by atoms with van der Waals surface area (Å²) in [5.74, 6) is 0.633. The van der Waals surface area contributed by atoms with Crippen LogP contribution in [0.3, 0.4) is 0 Å². The van der Waals surface area contributed by atoms with Crippen LogP contribution in [-0.2, 0) is 6.42 Å². The van der Waals surface area contributed by atoms with Crippen LogP contribution >= 0.6 is 15.9 Å². The molecule has 0 aromatic carbocycles. The first-order valence-corrected chi connectivity index (χ1v) is 7.55. The molecule has 0 radical (unpaired) electrons. The number of halogens is 1. The zero-order chi connectivity index (χ0) is 14.1. The van der Waals surface area contributed by atoms with Gasteiger partial charge >= 0.3 is 5.97 Å². The first kappa shape index (κ1) is 13.6. The van der Waals surface area contributed by atoms with Crippen LogP contribution in [0.2, 0.25) is 0 Å². The highest BCUT2D eigenvalue weighted by atomic mass is 79.9. The standard InChI is InChI=1S/C14H16BrN3O2/c15-13-11-2-1-10(14(19)20)8-18(11)12(17-13)7-9-3-5-16-6-4-9/h1-2,8-9,16H,3-7H2,(H,19,20). The lowest BCUT2D eigenvalue weighted by molar-refractivity contribution is 0.0696. The summed E-state index contributed by atoms with van der Waals surface area (Å²) in [6.07, 6.45) is 4.83. The molecule has 0 saturated carbocycles. The van der Waals surface area contributed by atoms with Crippen LogP contribution in [0.4, 0.5) is 0 Å². The van der Waals surface area contributed by atoms with E-state index >= 15 is 0 Å². The molecular weight excluding hydrogens is 322 g/mol. The number of hydrogen-bond donors (Lipinski definition) is 2. The average molecular weight is 338 g/mol. The SMILES string of the molecule is O=C(O)c1ccc2c(Br)nc(CC3CCNCC3)n2c1. The van der Waals surface area contributed by atoms with Gasteiger partial charge in [-0.3, -0.25) is 0 Å².